The maximum absolute atomic E-state index is 12.5. The Balaban J connectivity index is 1.73. The minimum absolute atomic E-state index is 0.108. The molecule has 1 saturated heterocycles. The second-order valence-corrected chi connectivity index (χ2v) is 5.47. The number of halogens is 3. The largest absolute Gasteiger partial charge is 0.417 e. The van der Waals surface area contributed by atoms with Crippen LogP contribution in [0.25, 0.3) is 0 Å². The molecule has 0 unspecified atom stereocenters. The first-order valence-electron chi connectivity index (χ1n) is 6.49. The van der Waals surface area contributed by atoms with Crippen LogP contribution >= 0.6 is 0 Å². The molecule has 1 saturated carbocycles. The van der Waals surface area contributed by atoms with E-state index in [1.165, 1.54) is 18.9 Å². The van der Waals surface area contributed by atoms with Crippen molar-refractivity contribution in [1.82, 2.24) is 4.98 Å². The normalized spacial score (nSPS) is 27.9. The van der Waals surface area contributed by atoms with Gasteiger partial charge in [-0.25, -0.2) is 4.98 Å². The highest BCUT2D eigenvalue weighted by molar-refractivity contribution is 5.42. The van der Waals surface area contributed by atoms with Crippen LogP contribution in [0.4, 0.5) is 19.0 Å². The van der Waals surface area contributed by atoms with Crippen molar-refractivity contribution in [3.63, 3.8) is 0 Å². The van der Waals surface area contributed by atoms with Crippen molar-refractivity contribution in [1.29, 1.82) is 0 Å². The van der Waals surface area contributed by atoms with E-state index in [1.54, 1.807) is 0 Å². The summed E-state index contributed by atoms with van der Waals surface area (Å²) in [5.41, 5.74) is 5.39. The monoisotopic (exact) mass is 271 g/mol. The Bertz CT molecular complexity index is 453. The standard InChI is InChI=1S/C13H16F3N3/c14-13(15,16)9-3-4-12(18-5-9)19-6-10(8-1-2-8)11(17)7-19/h3-5,8,10-11H,1-2,6-7,17H2/t10-,11+/m1/s1. The van der Waals surface area contributed by atoms with Gasteiger partial charge in [0.25, 0.3) is 0 Å². The maximum atomic E-state index is 12.5. The molecule has 3 nitrogen and oxygen atoms in total. The van der Waals surface area contributed by atoms with Gasteiger partial charge in [-0.2, -0.15) is 13.2 Å². The fourth-order valence-electron chi connectivity index (χ4n) is 2.81. The molecule has 0 amide bonds. The van der Waals surface area contributed by atoms with Gasteiger partial charge < -0.3 is 10.6 Å². The molecule has 1 aliphatic carbocycles. The minimum atomic E-state index is -4.33. The SMILES string of the molecule is N[C@H]1CN(c2ccc(C(F)(F)F)cn2)C[C@@H]1C1CC1. The fraction of sp³-hybridized carbons (Fsp3) is 0.615. The number of nitrogens with zero attached hydrogens (tertiary/aromatic N) is 2. The molecular formula is C13H16F3N3. The van der Waals surface area contributed by atoms with E-state index >= 15 is 0 Å². The average Bonchev–Trinajstić information content (AvgIpc) is 3.12. The number of hydrogen-bond donors (Lipinski definition) is 1. The summed E-state index contributed by atoms with van der Waals surface area (Å²) in [6.45, 7) is 1.49. The molecular weight excluding hydrogens is 255 g/mol. The topological polar surface area (TPSA) is 42.1 Å². The van der Waals surface area contributed by atoms with Gasteiger partial charge in [-0.1, -0.05) is 0 Å². The number of hydrogen-bond acceptors (Lipinski definition) is 3. The summed E-state index contributed by atoms with van der Waals surface area (Å²) in [5.74, 6) is 1.75. The van der Waals surface area contributed by atoms with Gasteiger partial charge in [-0.3, -0.25) is 0 Å². The first-order chi connectivity index (χ1) is 8.95. The van der Waals surface area contributed by atoms with Crippen LogP contribution in [0, 0.1) is 11.8 Å². The average molecular weight is 271 g/mol. The summed E-state index contributed by atoms with van der Waals surface area (Å²) in [4.78, 5) is 5.92. The second-order valence-electron chi connectivity index (χ2n) is 5.47. The third-order valence-corrected chi connectivity index (χ3v) is 4.04. The lowest BCUT2D eigenvalue weighted by Gasteiger charge is -2.17. The summed E-state index contributed by atoms with van der Waals surface area (Å²) in [6, 6.07) is 2.62. The zero-order chi connectivity index (χ0) is 13.6. The van der Waals surface area contributed by atoms with Gasteiger partial charge in [-0.15, -0.1) is 0 Å². The Hall–Kier alpha value is -1.30. The predicted octanol–water partition coefficient (Wildman–Crippen LogP) is 2.27. The van der Waals surface area contributed by atoms with Crippen molar-refractivity contribution in [2.75, 3.05) is 18.0 Å². The number of anilines is 1. The zero-order valence-corrected chi connectivity index (χ0v) is 10.4. The highest BCUT2D eigenvalue weighted by Crippen LogP contribution is 2.41. The van der Waals surface area contributed by atoms with Crippen LogP contribution in [0.3, 0.4) is 0 Å². The van der Waals surface area contributed by atoms with Crippen LogP contribution in [0.2, 0.25) is 0 Å². The van der Waals surface area contributed by atoms with E-state index in [1.807, 2.05) is 4.90 Å². The molecule has 2 heterocycles. The highest BCUT2D eigenvalue weighted by Gasteiger charge is 2.41. The quantitative estimate of drug-likeness (QED) is 0.897. The van der Waals surface area contributed by atoms with Crippen molar-refractivity contribution in [3.8, 4) is 0 Å². The lowest BCUT2D eigenvalue weighted by molar-refractivity contribution is -0.137. The molecule has 0 aromatic carbocycles. The number of pyridine rings is 1. The van der Waals surface area contributed by atoms with Gasteiger partial charge in [0.1, 0.15) is 5.82 Å². The van der Waals surface area contributed by atoms with Gasteiger partial charge >= 0.3 is 6.18 Å². The molecule has 1 aliphatic heterocycles. The highest BCUT2D eigenvalue weighted by atomic mass is 19.4. The molecule has 2 N–H and O–H groups in total. The van der Waals surface area contributed by atoms with Crippen LogP contribution in [0.5, 0.6) is 0 Å². The Kier molecular flexibility index (Phi) is 2.92. The number of nitrogens with two attached hydrogens (primary N) is 1. The van der Waals surface area contributed by atoms with Crippen molar-refractivity contribution >= 4 is 5.82 Å². The van der Waals surface area contributed by atoms with Crippen LogP contribution in [-0.4, -0.2) is 24.1 Å². The molecule has 2 aliphatic rings. The van der Waals surface area contributed by atoms with Gasteiger partial charge in [0.05, 0.1) is 5.56 Å². The third kappa shape index (κ3) is 2.54. The number of alkyl halides is 3. The Morgan fingerprint density at radius 1 is 1.21 bits per heavy atom. The molecule has 3 rings (SSSR count). The molecule has 0 spiro atoms. The zero-order valence-electron chi connectivity index (χ0n) is 10.4. The van der Waals surface area contributed by atoms with Gasteiger partial charge in [-0.05, 0) is 36.8 Å². The van der Waals surface area contributed by atoms with Crippen molar-refractivity contribution in [3.05, 3.63) is 23.9 Å². The molecule has 2 atom stereocenters. The molecule has 0 bridgehead atoms. The first kappa shape index (κ1) is 12.7. The fourth-order valence-corrected chi connectivity index (χ4v) is 2.81. The summed E-state index contributed by atoms with van der Waals surface area (Å²) in [7, 11) is 0. The van der Waals surface area contributed by atoms with Gasteiger partial charge in [0.2, 0.25) is 0 Å². The third-order valence-electron chi connectivity index (χ3n) is 4.04. The van der Waals surface area contributed by atoms with Crippen molar-refractivity contribution < 1.29 is 13.2 Å². The smallest absolute Gasteiger partial charge is 0.355 e. The Morgan fingerprint density at radius 2 is 1.95 bits per heavy atom. The molecule has 19 heavy (non-hydrogen) atoms. The molecule has 6 heteroatoms. The van der Waals surface area contributed by atoms with E-state index in [0.717, 1.165) is 18.8 Å². The van der Waals surface area contributed by atoms with E-state index in [-0.39, 0.29) is 6.04 Å². The predicted molar refractivity (Wildman–Crippen MR) is 65.6 cm³/mol. The molecule has 1 aromatic heterocycles. The van der Waals surface area contributed by atoms with Crippen LogP contribution < -0.4 is 10.6 Å². The van der Waals surface area contributed by atoms with Gasteiger partial charge in [0, 0.05) is 25.3 Å². The van der Waals surface area contributed by atoms with E-state index < -0.39 is 11.7 Å². The van der Waals surface area contributed by atoms with E-state index in [2.05, 4.69) is 4.98 Å². The second kappa shape index (κ2) is 4.37. The van der Waals surface area contributed by atoms with Crippen LogP contribution in [0.15, 0.2) is 18.3 Å². The van der Waals surface area contributed by atoms with E-state index in [4.69, 9.17) is 5.73 Å². The van der Waals surface area contributed by atoms with E-state index in [9.17, 15) is 13.2 Å². The lowest BCUT2D eigenvalue weighted by atomic mass is 9.99. The van der Waals surface area contributed by atoms with Gasteiger partial charge in [0.15, 0.2) is 0 Å². The number of aromatic nitrogens is 1. The molecule has 1 aromatic rings. The maximum Gasteiger partial charge on any atom is 0.417 e. The minimum Gasteiger partial charge on any atom is -0.355 e. The summed E-state index contributed by atoms with van der Waals surface area (Å²) < 4.78 is 37.4. The lowest BCUT2D eigenvalue weighted by Crippen LogP contribution is -2.30. The summed E-state index contributed by atoms with van der Waals surface area (Å²) in [6.07, 6.45) is -0.978. The van der Waals surface area contributed by atoms with Crippen LogP contribution in [0.1, 0.15) is 18.4 Å². The summed E-state index contributed by atoms with van der Waals surface area (Å²) >= 11 is 0. The Labute approximate surface area is 109 Å². The molecule has 0 radical (unpaired) electrons. The Morgan fingerprint density at radius 3 is 2.47 bits per heavy atom. The summed E-state index contributed by atoms with van der Waals surface area (Å²) in [5, 5.41) is 0. The first-order valence-corrected chi connectivity index (χ1v) is 6.49. The van der Waals surface area contributed by atoms with E-state index in [0.29, 0.717) is 24.2 Å². The number of rotatable bonds is 2. The van der Waals surface area contributed by atoms with Crippen molar-refractivity contribution in [2.45, 2.75) is 25.1 Å². The van der Waals surface area contributed by atoms with Crippen molar-refractivity contribution in [2.24, 2.45) is 17.6 Å². The molecule has 104 valence electrons. The van der Waals surface area contributed by atoms with Crippen LogP contribution in [-0.2, 0) is 6.18 Å². The molecule has 2 fully saturated rings.